The highest BCUT2D eigenvalue weighted by molar-refractivity contribution is 5.21. The van der Waals surface area contributed by atoms with E-state index in [-0.39, 0.29) is 11.0 Å². The predicted molar refractivity (Wildman–Crippen MR) is 55.6 cm³/mol. The second kappa shape index (κ2) is 2.94. The normalized spacial score (nSPS) is 15.6. The number of rotatable bonds is 0. The molecule has 3 heteroatoms. The van der Waals surface area contributed by atoms with Crippen molar-refractivity contribution < 1.29 is 0 Å². The highest BCUT2D eigenvalue weighted by Gasteiger charge is 2.23. The Morgan fingerprint density at radius 2 is 2.00 bits per heavy atom. The Morgan fingerprint density at radius 3 is 2.64 bits per heavy atom. The maximum absolute atomic E-state index is 11.7. The summed E-state index contributed by atoms with van der Waals surface area (Å²) in [7, 11) is 0. The minimum atomic E-state index is -0.162. The van der Waals surface area contributed by atoms with Gasteiger partial charge in [-0.3, -0.25) is 4.79 Å². The van der Waals surface area contributed by atoms with Crippen LogP contribution in [0.5, 0.6) is 0 Å². The minimum Gasteiger partial charge on any atom is -0.323 e. The zero-order valence-electron chi connectivity index (χ0n) is 8.98. The van der Waals surface area contributed by atoms with Gasteiger partial charge in [-0.05, 0) is 19.3 Å². The van der Waals surface area contributed by atoms with Crippen LogP contribution in [0.1, 0.15) is 44.3 Å². The van der Waals surface area contributed by atoms with Crippen LogP contribution in [0, 0.1) is 0 Å². The average Bonchev–Trinajstić information content (AvgIpc) is 2.47. The third-order valence-corrected chi connectivity index (χ3v) is 2.63. The molecule has 76 valence electrons. The number of nitrogens with zero attached hydrogens (tertiary/aromatic N) is 1. The van der Waals surface area contributed by atoms with Gasteiger partial charge in [0.25, 0.3) is 5.56 Å². The lowest BCUT2D eigenvalue weighted by Gasteiger charge is -2.17. The lowest BCUT2D eigenvalue weighted by atomic mass is 9.92. The summed E-state index contributed by atoms with van der Waals surface area (Å²) in [6.07, 6.45) is 3.10. The van der Waals surface area contributed by atoms with Crippen molar-refractivity contribution in [2.45, 2.75) is 45.4 Å². The largest absolute Gasteiger partial charge is 0.323 e. The van der Waals surface area contributed by atoms with E-state index in [0.717, 1.165) is 30.7 Å². The second-order valence-electron chi connectivity index (χ2n) is 4.94. The molecule has 0 spiro atoms. The average molecular weight is 192 g/mol. The molecule has 1 heterocycles. The fraction of sp³-hybridized carbons (Fsp3) is 0.636. The van der Waals surface area contributed by atoms with E-state index in [0.29, 0.717) is 5.69 Å². The van der Waals surface area contributed by atoms with Crippen LogP contribution in [0.2, 0.25) is 0 Å². The van der Waals surface area contributed by atoms with Gasteiger partial charge in [-0.1, -0.05) is 20.8 Å². The summed E-state index contributed by atoms with van der Waals surface area (Å²) in [5, 5.41) is 0. The molecule has 1 N–H and O–H groups in total. The monoisotopic (exact) mass is 192 g/mol. The van der Waals surface area contributed by atoms with E-state index in [2.05, 4.69) is 9.97 Å². The summed E-state index contributed by atoms with van der Waals surface area (Å²) in [6.45, 7) is 6.06. The van der Waals surface area contributed by atoms with Gasteiger partial charge in [-0.2, -0.15) is 0 Å². The van der Waals surface area contributed by atoms with Crippen LogP contribution < -0.4 is 5.56 Å². The molecule has 0 bridgehead atoms. The van der Waals surface area contributed by atoms with Crippen LogP contribution in [-0.4, -0.2) is 9.97 Å². The molecule has 1 aromatic rings. The van der Waals surface area contributed by atoms with Crippen molar-refractivity contribution in [2.75, 3.05) is 0 Å². The molecule has 0 saturated carbocycles. The van der Waals surface area contributed by atoms with Crippen LogP contribution in [0.25, 0.3) is 0 Å². The summed E-state index contributed by atoms with van der Waals surface area (Å²) < 4.78 is 0. The number of hydrogen-bond donors (Lipinski definition) is 1. The Bertz CT molecular complexity index is 412. The third kappa shape index (κ3) is 1.47. The van der Waals surface area contributed by atoms with Gasteiger partial charge in [0.2, 0.25) is 0 Å². The molecule has 2 rings (SSSR count). The number of aryl methyl sites for hydroxylation is 2. The summed E-state index contributed by atoms with van der Waals surface area (Å²) in [6, 6.07) is 0. The molecule has 0 saturated heterocycles. The number of H-pyrrole nitrogens is 1. The zero-order chi connectivity index (χ0) is 10.3. The van der Waals surface area contributed by atoms with Crippen molar-refractivity contribution in [3.63, 3.8) is 0 Å². The SMILES string of the molecule is CC(C)(C)c1nc2c([nH]c1=O)CCC2. The first-order valence-electron chi connectivity index (χ1n) is 5.11. The maximum Gasteiger partial charge on any atom is 0.270 e. The standard InChI is InChI=1S/C11H16N2O/c1-11(2,3)9-10(14)13-8-6-4-5-7(8)12-9/h4-6H2,1-3H3,(H,13,14). The number of aromatic amines is 1. The Kier molecular flexibility index (Phi) is 1.98. The van der Waals surface area contributed by atoms with Gasteiger partial charge in [0.1, 0.15) is 5.69 Å². The van der Waals surface area contributed by atoms with Gasteiger partial charge in [-0.15, -0.1) is 0 Å². The molecule has 3 nitrogen and oxygen atoms in total. The van der Waals surface area contributed by atoms with Crippen LogP contribution in [0.3, 0.4) is 0 Å². The summed E-state index contributed by atoms with van der Waals surface area (Å²) in [4.78, 5) is 19.1. The number of aromatic nitrogens is 2. The smallest absolute Gasteiger partial charge is 0.270 e. The second-order valence-corrected chi connectivity index (χ2v) is 4.94. The van der Waals surface area contributed by atoms with Crippen molar-refractivity contribution >= 4 is 0 Å². The molecule has 0 atom stereocenters. The van der Waals surface area contributed by atoms with E-state index in [9.17, 15) is 4.79 Å². The van der Waals surface area contributed by atoms with E-state index in [4.69, 9.17) is 0 Å². The molecule has 0 aromatic carbocycles. The van der Waals surface area contributed by atoms with Crippen molar-refractivity contribution in [3.05, 3.63) is 27.4 Å². The van der Waals surface area contributed by atoms with Gasteiger partial charge in [0.05, 0.1) is 5.69 Å². The van der Waals surface area contributed by atoms with Crippen molar-refractivity contribution in [2.24, 2.45) is 0 Å². The highest BCUT2D eigenvalue weighted by Crippen LogP contribution is 2.21. The van der Waals surface area contributed by atoms with E-state index in [1.165, 1.54) is 0 Å². The number of nitrogens with one attached hydrogen (secondary N) is 1. The lowest BCUT2D eigenvalue weighted by molar-refractivity contribution is 0.555. The van der Waals surface area contributed by atoms with Gasteiger partial charge in [-0.25, -0.2) is 4.98 Å². The molecular weight excluding hydrogens is 176 g/mol. The van der Waals surface area contributed by atoms with E-state index in [1.807, 2.05) is 20.8 Å². The fourth-order valence-electron chi connectivity index (χ4n) is 1.88. The fourth-order valence-corrected chi connectivity index (χ4v) is 1.88. The topological polar surface area (TPSA) is 45.8 Å². The Hall–Kier alpha value is -1.12. The van der Waals surface area contributed by atoms with E-state index in [1.54, 1.807) is 0 Å². The Morgan fingerprint density at radius 1 is 1.29 bits per heavy atom. The third-order valence-electron chi connectivity index (χ3n) is 2.63. The van der Waals surface area contributed by atoms with Gasteiger partial charge < -0.3 is 4.98 Å². The lowest BCUT2D eigenvalue weighted by Crippen LogP contribution is -2.28. The molecular formula is C11H16N2O. The zero-order valence-corrected chi connectivity index (χ0v) is 8.98. The van der Waals surface area contributed by atoms with E-state index < -0.39 is 0 Å². The molecule has 1 aliphatic rings. The first-order chi connectivity index (χ1) is 6.48. The molecule has 1 aliphatic carbocycles. The van der Waals surface area contributed by atoms with Crippen LogP contribution in [-0.2, 0) is 18.3 Å². The highest BCUT2D eigenvalue weighted by atomic mass is 16.1. The first-order valence-corrected chi connectivity index (χ1v) is 5.11. The molecule has 0 radical (unpaired) electrons. The molecule has 0 unspecified atom stereocenters. The summed E-state index contributed by atoms with van der Waals surface area (Å²) >= 11 is 0. The summed E-state index contributed by atoms with van der Waals surface area (Å²) in [5.74, 6) is 0. The quantitative estimate of drug-likeness (QED) is 0.678. The Labute approximate surface area is 83.6 Å². The Balaban J connectivity index is 2.59. The van der Waals surface area contributed by atoms with E-state index >= 15 is 0 Å². The van der Waals surface area contributed by atoms with Crippen molar-refractivity contribution in [1.29, 1.82) is 0 Å². The first kappa shape index (κ1) is 9.44. The van der Waals surface area contributed by atoms with Crippen LogP contribution in [0.15, 0.2) is 4.79 Å². The molecule has 14 heavy (non-hydrogen) atoms. The summed E-state index contributed by atoms with van der Waals surface area (Å²) in [5.41, 5.74) is 2.62. The van der Waals surface area contributed by atoms with Gasteiger partial charge in [0, 0.05) is 11.1 Å². The molecule has 0 aliphatic heterocycles. The van der Waals surface area contributed by atoms with Gasteiger partial charge >= 0.3 is 0 Å². The van der Waals surface area contributed by atoms with Crippen molar-refractivity contribution in [1.82, 2.24) is 9.97 Å². The molecule has 0 amide bonds. The number of hydrogen-bond acceptors (Lipinski definition) is 2. The molecule has 0 fully saturated rings. The predicted octanol–water partition coefficient (Wildman–Crippen LogP) is 1.56. The van der Waals surface area contributed by atoms with Crippen LogP contribution >= 0.6 is 0 Å². The minimum absolute atomic E-state index is 0.0156. The number of fused-ring (bicyclic) bond motifs is 1. The van der Waals surface area contributed by atoms with Gasteiger partial charge in [0.15, 0.2) is 0 Å². The molecule has 1 aromatic heterocycles. The van der Waals surface area contributed by atoms with Crippen LogP contribution in [0.4, 0.5) is 0 Å². The van der Waals surface area contributed by atoms with Crippen molar-refractivity contribution in [3.8, 4) is 0 Å². The maximum atomic E-state index is 11.7.